The first-order valence-corrected chi connectivity index (χ1v) is 12.6. The van der Waals surface area contributed by atoms with E-state index < -0.39 is 0 Å². The highest BCUT2D eigenvalue weighted by Gasteiger charge is 2.26. The van der Waals surface area contributed by atoms with Crippen LogP contribution in [0.2, 0.25) is 0 Å². The molecule has 1 aliphatic heterocycles. The third kappa shape index (κ3) is 4.68. The van der Waals surface area contributed by atoms with E-state index in [1.54, 1.807) is 18.5 Å². The average molecular weight is 508 g/mol. The van der Waals surface area contributed by atoms with E-state index in [1.165, 1.54) is 12.1 Å². The average Bonchev–Trinajstić information content (AvgIpc) is 3.37. The highest BCUT2D eigenvalue weighted by atomic mass is 19.1. The third-order valence-electron chi connectivity index (χ3n) is 6.79. The van der Waals surface area contributed by atoms with Gasteiger partial charge in [0.15, 0.2) is 12.3 Å². The van der Waals surface area contributed by atoms with Gasteiger partial charge in [0.1, 0.15) is 23.7 Å². The van der Waals surface area contributed by atoms with Gasteiger partial charge in [0.05, 0.1) is 5.39 Å². The monoisotopic (exact) mass is 507 g/mol. The van der Waals surface area contributed by atoms with E-state index in [9.17, 15) is 9.18 Å². The number of para-hydroxylation sites is 1. The largest absolute Gasteiger partial charge is 0.484 e. The molecule has 6 rings (SSSR count). The van der Waals surface area contributed by atoms with Crippen molar-refractivity contribution in [2.24, 2.45) is 0 Å². The minimum Gasteiger partial charge on any atom is -0.484 e. The minimum absolute atomic E-state index is 0.0143. The van der Waals surface area contributed by atoms with Gasteiger partial charge in [0.2, 0.25) is 0 Å². The third-order valence-corrected chi connectivity index (χ3v) is 6.79. The molecule has 8 heteroatoms. The Morgan fingerprint density at radius 1 is 0.842 bits per heavy atom. The number of benzene rings is 3. The van der Waals surface area contributed by atoms with Crippen molar-refractivity contribution in [2.75, 3.05) is 37.7 Å². The zero-order valence-electron chi connectivity index (χ0n) is 20.7. The molecule has 7 nitrogen and oxygen atoms in total. The zero-order valence-corrected chi connectivity index (χ0v) is 20.7. The molecule has 2 aromatic heterocycles. The zero-order chi connectivity index (χ0) is 25.9. The van der Waals surface area contributed by atoms with Gasteiger partial charge in [-0.1, -0.05) is 48.5 Å². The van der Waals surface area contributed by atoms with Crippen LogP contribution < -0.4 is 9.64 Å². The van der Waals surface area contributed by atoms with Crippen molar-refractivity contribution in [3.63, 3.8) is 0 Å². The lowest BCUT2D eigenvalue weighted by Gasteiger charge is -2.35. The second-order valence-electron chi connectivity index (χ2n) is 9.12. The van der Waals surface area contributed by atoms with Gasteiger partial charge in [-0.2, -0.15) is 0 Å². The number of amides is 1. The van der Waals surface area contributed by atoms with Crippen LogP contribution >= 0.6 is 0 Å². The molecule has 5 aromatic rings. The summed E-state index contributed by atoms with van der Waals surface area (Å²) in [6.45, 7) is 2.43. The number of aromatic nitrogens is 3. The van der Waals surface area contributed by atoms with E-state index in [4.69, 9.17) is 9.72 Å². The Morgan fingerprint density at radius 3 is 2.24 bits per heavy atom. The number of piperazine rings is 1. The summed E-state index contributed by atoms with van der Waals surface area (Å²) in [5, 5.41) is 0.926. The Kier molecular flexibility index (Phi) is 6.44. The molecule has 1 fully saturated rings. The molecule has 3 heterocycles. The minimum atomic E-state index is -0.287. The van der Waals surface area contributed by atoms with Crippen LogP contribution in [0.25, 0.3) is 27.8 Å². The predicted molar refractivity (Wildman–Crippen MR) is 145 cm³/mol. The van der Waals surface area contributed by atoms with Crippen molar-refractivity contribution in [1.29, 1.82) is 0 Å². The van der Waals surface area contributed by atoms with Crippen LogP contribution in [0.4, 0.5) is 10.2 Å². The molecule has 0 bridgehead atoms. The highest BCUT2D eigenvalue weighted by Crippen LogP contribution is 2.37. The summed E-state index contributed by atoms with van der Waals surface area (Å²) in [6, 6.07) is 25.8. The first-order chi connectivity index (χ1) is 18.7. The summed E-state index contributed by atoms with van der Waals surface area (Å²) < 4.78 is 21.3. The number of ether oxygens (including phenoxy) is 1. The molecular formula is C30H26FN5O2. The summed E-state index contributed by atoms with van der Waals surface area (Å²) in [5.74, 6) is 1.18. The van der Waals surface area contributed by atoms with E-state index >= 15 is 0 Å². The lowest BCUT2D eigenvalue weighted by molar-refractivity contribution is -0.133. The molecule has 190 valence electrons. The summed E-state index contributed by atoms with van der Waals surface area (Å²) >= 11 is 0. The van der Waals surface area contributed by atoms with Gasteiger partial charge in [0.25, 0.3) is 5.91 Å². The first-order valence-electron chi connectivity index (χ1n) is 12.6. The maximum absolute atomic E-state index is 13.6. The van der Waals surface area contributed by atoms with Gasteiger partial charge >= 0.3 is 0 Å². The number of hydrogen-bond donors (Lipinski definition) is 0. The van der Waals surface area contributed by atoms with Gasteiger partial charge in [0, 0.05) is 43.6 Å². The van der Waals surface area contributed by atoms with E-state index in [0.717, 1.165) is 33.7 Å². The number of hydrogen-bond acceptors (Lipinski definition) is 5. The van der Waals surface area contributed by atoms with Crippen LogP contribution in [-0.4, -0.2) is 58.1 Å². The van der Waals surface area contributed by atoms with Crippen LogP contribution in [0.3, 0.4) is 0 Å². The standard InChI is InChI=1S/C30H26FN5O2/c31-23-11-13-24(14-12-23)36-19-26(22-7-3-1-4-8-22)28-29(32-21-33-30(28)36)35-17-15-34(16-18-35)27(37)20-38-25-9-5-2-6-10-25/h1-14,19,21H,15-18,20H2. The normalized spacial score (nSPS) is 13.6. The molecule has 0 atom stereocenters. The highest BCUT2D eigenvalue weighted by molar-refractivity contribution is 6.02. The molecule has 0 radical (unpaired) electrons. The summed E-state index contributed by atoms with van der Waals surface area (Å²) in [5.41, 5.74) is 3.60. The SMILES string of the molecule is O=C(COc1ccccc1)N1CCN(c2ncnc3c2c(-c2ccccc2)cn3-c2ccc(F)cc2)CC1. The smallest absolute Gasteiger partial charge is 0.260 e. The molecule has 38 heavy (non-hydrogen) atoms. The van der Waals surface area contributed by atoms with Crippen molar-refractivity contribution < 1.29 is 13.9 Å². The van der Waals surface area contributed by atoms with E-state index in [0.29, 0.717) is 31.9 Å². The number of rotatable bonds is 6. The quantitative estimate of drug-likeness (QED) is 0.325. The predicted octanol–water partition coefficient (Wildman–Crippen LogP) is 4.95. The van der Waals surface area contributed by atoms with Gasteiger partial charge in [-0.25, -0.2) is 14.4 Å². The molecule has 1 amide bonds. The van der Waals surface area contributed by atoms with Crippen molar-refractivity contribution in [2.45, 2.75) is 0 Å². The topological polar surface area (TPSA) is 63.5 Å². The fraction of sp³-hybridized carbons (Fsp3) is 0.167. The molecule has 0 saturated carbocycles. The Morgan fingerprint density at radius 2 is 1.53 bits per heavy atom. The molecule has 0 spiro atoms. The van der Waals surface area contributed by atoms with Crippen molar-refractivity contribution in [3.8, 4) is 22.6 Å². The Bertz CT molecular complexity index is 1550. The van der Waals surface area contributed by atoms with E-state index in [-0.39, 0.29) is 18.3 Å². The molecular weight excluding hydrogens is 481 g/mol. The molecule has 0 N–H and O–H groups in total. The van der Waals surface area contributed by atoms with Crippen molar-refractivity contribution in [1.82, 2.24) is 19.4 Å². The fourth-order valence-electron chi connectivity index (χ4n) is 4.84. The molecule has 0 unspecified atom stereocenters. The lowest BCUT2D eigenvalue weighted by Crippen LogP contribution is -2.50. The maximum atomic E-state index is 13.6. The van der Waals surface area contributed by atoms with Gasteiger partial charge < -0.3 is 19.1 Å². The number of halogens is 1. The Labute approximate surface area is 219 Å². The lowest BCUT2D eigenvalue weighted by atomic mass is 10.1. The van der Waals surface area contributed by atoms with Gasteiger partial charge in [-0.15, -0.1) is 0 Å². The molecule has 3 aromatic carbocycles. The number of carbonyl (C=O) groups is 1. The summed E-state index contributed by atoms with van der Waals surface area (Å²) in [7, 11) is 0. The Hall–Kier alpha value is -4.72. The second kappa shape index (κ2) is 10.3. The van der Waals surface area contributed by atoms with Gasteiger partial charge in [-0.3, -0.25) is 4.79 Å². The summed E-state index contributed by atoms with van der Waals surface area (Å²) in [6.07, 6.45) is 3.60. The number of carbonyl (C=O) groups excluding carboxylic acids is 1. The fourth-order valence-corrected chi connectivity index (χ4v) is 4.84. The van der Waals surface area contributed by atoms with Crippen LogP contribution in [0.1, 0.15) is 0 Å². The molecule has 1 saturated heterocycles. The summed E-state index contributed by atoms with van der Waals surface area (Å²) in [4.78, 5) is 26.1. The van der Waals surface area contributed by atoms with Crippen molar-refractivity contribution in [3.05, 3.63) is 103 Å². The molecule has 0 aliphatic carbocycles. The number of fused-ring (bicyclic) bond motifs is 1. The van der Waals surface area contributed by atoms with Crippen LogP contribution in [0.5, 0.6) is 5.75 Å². The maximum Gasteiger partial charge on any atom is 0.260 e. The van der Waals surface area contributed by atoms with E-state index in [2.05, 4.69) is 22.0 Å². The number of nitrogens with zero attached hydrogens (tertiary/aromatic N) is 5. The second-order valence-corrected chi connectivity index (χ2v) is 9.12. The van der Waals surface area contributed by atoms with Crippen LogP contribution in [-0.2, 0) is 4.79 Å². The first kappa shape index (κ1) is 23.7. The van der Waals surface area contributed by atoms with Crippen LogP contribution in [0, 0.1) is 5.82 Å². The van der Waals surface area contributed by atoms with Crippen molar-refractivity contribution >= 4 is 22.8 Å². The van der Waals surface area contributed by atoms with Gasteiger partial charge in [-0.05, 0) is 42.0 Å². The Balaban J connectivity index is 1.28. The number of anilines is 1. The van der Waals surface area contributed by atoms with E-state index in [1.807, 2.05) is 64.2 Å². The van der Waals surface area contributed by atoms with Crippen LogP contribution in [0.15, 0.2) is 97.5 Å². The molecule has 1 aliphatic rings.